The Morgan fingerprint density at radius 1 is 1.13 bits per heavy atom. The van der Waals surface area contributed by atoms with Crippen LogP contribution in [0.1, 0.15) is 29.7 Å². The number of carbonyl (C=O) groups is 1. The van der Waals surface area contributed by atoms with Gasteiger partial charge < -0.3 is 9.14 Å². The van der Waals surface area contributed by atoms with E-state index in [0.29, 0.717) is 31.6 Å². The van der Waals surface area contributed by atoms with Crippen molar-refractivity contribution in [2.75, 3.05) is 13.1 Å². The minimum atomic E-state index is -3.53. The van der Waals surface area contributed by atoms with Crippen molar-refractivity contribution in [3.63, 3.8) is 0 Å². The highest BCUT2D eigenvalue weighted by atomic mass is 32.2. The summed E-state index contributed by atoms with van der Waals surface area (Å²) in [6.07, 6.45) is 4.67. The molecule has 3 aromatic rings. The van der Waals surface area contributed by atoms with Crippen LogP contribution in [0.3, 0.4) is 0 Å². The second kappa shape index (κ2) is 8.20. The number of hydrogen-bond acceptors (Lipinski definition) is 5. The molecule has 1 fully saturated rings. The molecule has 1 saturated heterocycles. The molecule has 0 spiro atoms. The number of piperidine rings is 1. The Hall–Kier alpha value is -2.71. The third kappa shape index (κ3) is 4.11. The Morgan fingerprint density at radius 2 is 1.83 bits per heavy atom. The lowest BCUT2D eigenvalue weighted by atomic mass is 9.98. The fourth-order valence-corrected chi connectivity index (χ4v) is 5.20. The van der Waals surface area contributed by atoms with Gasteiger partial charge in [-0.15, -0.1) is 0 Å². The van der Waals surface area contributed by atoms with Crippen molar-refractivity contribution in [3.8, 4) is 0 Å². The van der Waals surface area contributed by atoms with E-state index in [1.165, 1.54) is 4.31 Å². The second-order valence-electron chi connectivity index (χ2n) is 7.75. The van der Waals surface area contributed by atoms with Gasteiger partial charge in [-0.2, -0.15) is 4.31 Å². The molecular formula is C22H25N3O4S. The van der Waals surface area contributed by atoms with E-state index in [9.17, 15) is 13.2 Å². The maximum Gasteiger partial charge on any atom is 0.309 e. The van der Waals surface area contributed by atoms with Crippen molar-refractivity contribution < 1.29 is 17.9 Å². The number of aromatic nitrogens is 2. The molecular weight excluding hydrogens is 402 g/mol. The number of imidazole rings is 1. The summed E-state index contributed by atoms with van der Waals surface area (Å²) >= 11 is 0. The normalized spacial score (nSPS) is 16.1. The lowest BCUT2D eigenvalue weighted by molar-refractivity contribution is -0.151. The van der Waals surface area contributed by atoms with E-state index in [2.05, 4.69) is 4.98 Å². The fraction of sp³-hybridized carbons (Fsp3) is 0.364. The minimum Gasteiger partial charge on any atom is -0.459 e. The van der Waals surface area contributed by atoms with Gasteiger partial charge in [-0.1, -0.05) is 23.8 Å². The first-order valence-electron chi connectivity index (χ1n) is 10.0. The van der Waals surface area contributed by atoms with E-state index >= 15 is 0 Å². The van der Waals surface area contributed by atoms with Gasteiger partial charge in [-0.05, 0) is 50.5 Å². The first-order chi connectivity index (χ1) is 14.3. The van der Waals surface area contributed by atoms with Gasteiger partial charge in [-0.3, -0.25) is 4.79 Å². The summed E-state index contributed by atoms with van der Waals surface area (Å²) in [6, 6.07) is 10.8. The van der Waals surface area contributed by atoms with Crippen molar-refractivity contribution in [3.05, 3.63) is 65.6 Å². The zero-order valence-corrected chi connectivity index (χ0v) is 17.9. The highest BCUT2D eigenvalue weighted by molar-refractivity contribution is 7.89. The first-order valence-corrected chi connectivity index (χ1v) is 11.5. The van der Waals surface area contributed by atoms with Crippen LogP contribution in [-0.4, -0.2) is 41.2 Å². The van der Waals surface area contributed by atoms with E-state index in [1.807, 2.05) is 42.8 Å². The van der Waals surface area contributed by atoms with E-state index in [1.54, 1.807) is 24.3 Å². The lowest BCUT2D eigenvalue weighted by Crippen LogP contribution is -2.40. The summed E-state index contributed by atoms with van der Waals surface area (Å²) in [5.41, 5.74) is 3.60. The topological polar surface area (TPSA) is 81.0 Å². The Labute approximate surface area is 176 Å². The fourth-order valence-electron chi connectivity index (χ4n) is 3.73. The minimum absolute atomic E-state index is 0.113. The molecule has 0 unspecified atom stereocenters. The summed E-state index contributed by atoms with van der Waals surface area (Å²) in [4.78, 5) is 17.3. The highest BCUT2D eigenvalue weighted by Gasteiger charge is 2.32. The first kappa shape index (κ1) is 20.6. The van der Waals surface area contributed by atoms with Gasteiger partial charge in [0.25, 0.3) is 0 Å². The molecule has 1 aliphatic heterocycles. The van der Waals surface area contributed by atoms with Gasteiger partial charge in [0.2, 0.25) is 10.0 Å². The van der Waals surface area contributed by atoms with E-state index in [-0.39, 0.29) is 23.4 Å². The summed E-state index contributed by atoms with van der Waals surface area (Å²) in [7, 11) is -3.53. The third-order valence-electron chi connectivity index (χ3n) is 5.54. The second-order valence-corrected chi connectivity index (χ2v) is 9.69. The molecule has 7 nitrogen and oxygen atoms in total. The SMILES string of the molecule is Cc1ccc(S(=O)(=O)N2CCC(C(=O)OCc3cn4cccc(C)c4n3)CC2)cc1. The molecule has 4 rings (SSSR count). The average Bonchev–Trinajstić information content (AvgIpc) is 3.17. The molecule has 0 saturated carbocycles. The molecule has 0 bridgehead atoms. The molecule has 0 aliphatic carbocycles. The predicted molar refractivity (Wildman–Crippen MR) is 112 cm³/mol. The van der Waals surface area contributed by atoms with E-state index < -0.39 is 10.0 Å². The largest absolute Gasteiger partial charge is 0.459 e. The van der Waals surface area contributed by atoms with Crippen molar-refractivity contribution >= 4 is 21.6 Å². The number of rotatable bonds is 5. The van der Waals surface area contributed by atoms with Crippen LogP contribution < -0.4 is 0 Å². The van der Waals surface area contributed by atoms with Crippen LogP contribution in [0.25, 0.3) is 5.65 Å². The van der Waals surface area contributed by atoms with E-state index in [0.717, 1.165) is 16.8 Å². The van der Waals surface area contributed by atoms with Crippen molar-refractivity contribution in [1.82, 2.24) is 13.7 Å². The maximum atomic E-state index is 12.8. The molecule has 30 heavy (non-hydrogen) atoms. The number of nitrogens with zero attached hydrogens (tertiary/aromatic N) is 3. The molecule has 8 heteroatoms. The zero-order valence-electron chi connectivity index (χ0n) is 17.1. The summed E-state index contributed by atoms with van der Waals surface area (Å²) < 4.78 is 34.4. The van der Waals surface area contributed by atoms with Gasteiger partial charge in [0.1, 0.15) is 12.3 Å². The lowest BCUT2D eigenvalue weighted by Gasteiger charge is -2.30. The predicted octanol–water partition coefficient (Wildman–Crippen LogP) is 3.10. The molecule has 0 atom stereocenters. The van der Waals surface area contributed by atoms with Crippen molar-refractivity contribution in [2.24, 2.45) is 5.92 Å². The van der Waals surface area contributed by atoms with Crippen LogP contribution in [0.4, 0.5) is 0 Å². The Balaban J connectivity index is 1.33. The van der Waals surface area contributed by atoms with Crippen LogP contribution in [0, 0.1) is 19.8 Å². The van der Waals surface area contributed by atoms with Gasteiger partial charge in [-0.25, -0.2) is 13.4 Å². The van der Waals surface area contributed by atoms with E-state index in [4.69, 9.17) is 4.74 Å². The molecule has 0 radical (unpaired) electrons. The molecule has 3 heterocycles. The number of benzene rings is 1. The number of fused-ring (bicyclic) bond motifs is 1. The van der Waals surface area contributed by atoms with Crippen LogP contribution >= 0.6 is 0 Å². The Bertz CT molecular complexity index is 1160. The summed E-state index contributed by atoms with van der Waals surface area (Å²) in [6.45, 7) is 4.63. The number of carbonyl (C=O) groups excluding carboxylic acids is 1. The number of ether oxygens (including phenoxy) is 1. The number of hydrogen-bond donors (Lipinski definition) is 0. The summed E-state index contributed by atoms with van der Waals surface area (Å²) in [5.74, 6) is -0.593. The van der Waals surface area contributed by atoms with Gasteiger partial charge in [0.15, 0.2) is 0 Å². The quantitative estimate of drug-likeness (QED) is 0.585. The molecule has 158 valence electrons. The smallest absolute Gasteiger partial charge is 0.309 e. The van der Waals surface area contributed by atoms with Crippen LogP contribution in [0.5, 0.6) is 0 Å². The molecule has 0 amide bonds. The molecule has 1 aromatic carbocycles. The number of esters is 1. The average molecular weight is 428 g/mol. The van der Waals surface area contributed by atoms with Crippen LogP contribution in [0.2, 0.25) is 0 Å². The number of pyridine rings is 1. The van der Waals surface area contributed by atoms with Gasteiger partial charge >= 0.3 is 5.97 Å². The van der Waals surface area contributed by atoms with Gasteiger partial charge in [0.05, 0.1) is 16.5 Å². The molecule has 0 N–H and O–H groups in total. The van der Waals surface area contributed by atoms with Crippen molar-refractivity contribution in [2.45, 2.75) is 38.2 Å². The maximum absolute atomic E-state index is 12.8. The molecule has 2 aromatic heterocycles. The Morgan fingerprint density at radius 3 is 2.50 bits per heavy atom. The molecule has 1 aliphatic rings. The van der Waals surface area contributed by atoms with Crippen LogP contribution in [0.15, 0.2) is 53.7 Å². The monoisotopic (exact) mass is 427 g/mol. The van der Waals surface area contributed by atoms with Crippen LogP contribution in [-0.2, 0) is 26.2 Å². The standard InChI is InChI=1S/C22H25N3O4S/c1-16-5-7-20(8-6-16)30(27,28)25-12-9-18(10-13-25)22(26)29-15-19-14-24-11-3-4-17(2)21(24)23-19/h3-8,11,14,18H,9-10,12-13,15H2,1-2H3. The zero-order chi connectivity index (χ0) is 21.3. The number of aryl methyl sites for hydroxylation is 2. The highest BCUT2D eigenvalue weighted by Crippen LogP contribution is 2.25. The number of sulfonamides is 1. The van der Waals surface area contributed by atoms with Gasteiger partial charge in [0, 0.05) is 25.5 Å². The summed E-state index contributed by atoms with van der Waals surface area (Å²) in [5, 5.41) is 0. The third-order valence-corrected chi connectivity index (χ3v) is 7.45. The Kier molecular flexibility index (Phi) is 5.62. The van der Waals surface area contributed by atoms with Crippen molar-refractivity contribution in [1.29, 1.82) is 0 Å².